The lowest BCUT2D eigenvalue weighted by atomic mass is 9.99. The van der Waals surface area contributed by atoms with E-state index >= 15 is 0 Å². The second-order valence-electron chi connectivity index (χ2n) is 4.37. The van der Waals surface area contributed by atoms with Gasteiger partial charge >= 0.3 is 0 Å². The second kappa shape index (κ2) is 6.39. The van der Waals surface area contributed by atoms with E-state index in [-0.39, 0.29) is 5.82 Å². The van der Waals surface area contributed by atoms with Gasteiger partial charge in [-0.2, -0.15) is 0 Å². The topological polar surface area (TPSA) is 38.0 Å². The lowest BCUT2D eigenvalue weighted by molar-refractivity contribution is 0.529. The molecule has 2 nitrogen and oxygen atoms in total. The van der Waals surface area contributed by atoms with Gasteiger partial charge in [0.2, 0.25) is 0 Å². The van der Waals surface area contributed by atoms with Crippen molar-refractivity contribution < 1.29 is 13.2 Å². The molecule has 6 heteroatoms. The third kappa shape index (κ3) is 3.59. The Hall–Kier alpha value is -1.37. The number of benzene rings is 2. The molecule has 0 bridgehead atoms. The van der Waals surface area contributed by atoms with Crippen LogP contribution in [0.15, 0.2) is 40.9 Å². The van der Waals surface area contributed by atoms with E-state index in [9.17, 15) is 13.2 Å². The van der Waals surface area contributed by atoms with E-state index in [2.05, 4.69) is 21.4 Å². The van der Waals surface area contributed by atoms with Crippen molar-refractivity contribution in [2.45, 2.75) is 12.5 Å². The van der Waals surface area contributed by atoms with Crippen LogP contribution in [0.4, 0.5) is 13.2 Å². The van der Waals surface area contributed by atoms with Gasteiger partial charge in [-0.25, -0.2) is 13.2 Å². The van der Waals surface area contributed by atoms with E-state index < -0.39 is 17.7 Å². The molecule has 0 saturated carbocycles. The van der Waals surface area contributed by atoms with E-state index in [1.807, 2.05) is 0 Å². The van der Waals surface area contributed by atoms with E-state index in [4.69, 9.17) is 5.84 Å². The van der Waals surface area contributed by atoms with E-state index in [0.717, 1.165) is 11.6 Å². The molecule has 1 atom stereocenters. The quantitative estimate of drug-likeness (QED) is 0.656. The van der Waals surface area contributed by atoms with Crippen LogP contribution in [0.2, 0.25) is 0 Å². The van der Waals surface area contributed by atoms with Crippen molar-refractivity contribution in [3.8, 4) is 0 Å². The van der Waals surface area contributed by atoms with E-state index in [1.54, 1.807) is 12.1 Å². The summed E-state index contributed by atoms with van der Waals surface area (Å²) in [4.78, 5) is 0. The van der Waals surface area contributed by atoms with Gasteiger partial charge in [0.1, 0.15) is 17.5 Å². The van der Waals surface area contributed by atoms with Crippen LogP contribution in [-0.2, 0) is 6.42 Å². The summed E-state index contributed by atoms with van der Waals surface area (Å²) in [6, 6.07) is 7.27. The molecule has 1 unspecified atom stereocenters. The first-order valence-corrected chi connectivity index (χ1v) is 6.65. The van der Waals surface area contributed by atoms with Crippen molar-refractivity contribution in [3.05, 3.63) is 69.4 Å². The van der Waals surface area contributed by atoms with Gasteiger partial charge in [0.05, 0.1) is 10.5 Å². The van der Waals surface area contributed by atoms with Crippen LogP contribution in [0.25, 0.3) is 0 Å². The summed E-state index contributed by atoms with van der Waals surface area (Å²) in [7, 11) is 0. The van der Waals surface area contributed by atoms with Gasteiger partial charge in [-0.05, 0) is 57.7 Å². The van der Waals surface area contributed by atoms with Crippen LogP contribution in [0.1, 0.15) is 17.2 Å². The Morgan fingerprint density at radius 2 is 1.70 bits per heavy atom. The first kappa shape index (κ1) is 15.0. The third-order valence-corrected chi connectivity index (χ3v) is 3.52. The first-order valence-electron chi connectivity index (χ1n) is 5.85. The Balaban J connectivity index is 2.26. The number of rotatable bonds is 4. The number of hydrogen-bond donors (Lipinski definition) is 2. The van der Waals surface area contributed by atoms with Crippen molar-refractivity contribution in [3.63, 3.8) is 0 Å². The van der Waals surface area contributed by atoms with Gasteiger partial charge in [0.25, 0.3) is 0 Å². The molecule has 0 amide bonds. The number of hydrogen-bond acceptors (Lipinski definition) is 2. The molecule has 2 aromatic rings. The zero-order valence-corrected chi connectivity index (χ0v) is 11.9. The predicted molar refractivity (Wildman–Crippen MR) is 74.2 cm³/mol. The number of nitrogens with two attached hydrogens (primary N) is 1. The molecule has 0 aliphatic carbocycles. The highest BCUT2D eigenvalue weighted by atomic mass is 79.9. The highest BCUT2D eigenvalue weighted by Crippen LogP contribution is 2.23. The fourth-order valence-corrected chi connectivity index (χ4v) is 2.38. The van der Waals surface area contributed by atoms with E-state index in [1.165, 1.54) is 18.2 Å². The van der Waals surface area contributed by atoms with Crippen molar-refractivity contribution in [2.75, 3.05) is 0 Å². The van der Waals surface area contributed by atoms with Crippen LogP contribution in [0.5, 0.6) is 0 Å². The zero-order valence-electron chi connectivity index (χ0n) is 10.3. The third-order valence-electron chi connectivity index (χ3n) is 2.91. The number of hydrazine groups is 1. The minimum absolute atomic E-state index is 0.330. The molecular formula is C14H12BrF3N2. The minimum Gasteiger partial charge on any atom is -0.271 e. The van der Waals surface area contributed by atoms with Crippen molar-refractivity contribution in [2.24, 2.45) is 5.84 Å². The van der Waals surface area contributed by atoms with Gasteiger partial charge in [0, 0.05) is 6.07 Å². The number of nitrogens with one attached hydrogen (secondary N) is 1. The summed E-state index contributed by atoms with van der Waals surface area (Å²) < 4.78 is 39.9. The summed E-state index contributed by atoms with van der Waals surface area (Å²) in [5.41, 5.74) is 3.69. The van der Waals surface area contributed by atoms with E-state index in [0.29, 0.717) is 16.5 Å². The van der Waals surface area contributed by atoms with Gasteiger partial charge < -0.3 is 0 Å². The van der Waals surface area contributed by atoms with Gasteiger partial charge in [0.15, 0.2) is 0 Å². The van der Waals surface area contributed by atoms with Crippen molar-refractivity contribution in [1.29, 1.82) is 0 Å². The first-order chi connectivity index (χ1) is 9.49. The molecular weight excluding hydrogens is 333 g/mol. The van der Waals surface area contributed by atoms with Gasteiger partial charge in [-0.3, -0.25) is 11.3 Å². The number of halogens is 4. The lowest BCUT2D eigenvalue weighted by Crippen LogP contribution is -2.29. The molecule has 0 aromatic heterocycles. The highest BCUT2D eigenvalue weighted by Gasteiger charge is 2.14. The standard InChI is InChI=1S/C14H12BrF3N2/c15-12-3-8(1-2-13(12)18)4-14(20-19)9-5-10(16)7-11(17)6-9/h1-3,5-7,14,20H,4,19H2. The maximum atomic E-state index is 13.2. The molecule has 2 aromatic carbocycles. The van der Waals surface area contributed by atoms with Crippen LogP contribution >= 0.6 is 15.9 Å². The smallest absolute Gasteiger partial charge is 0.137 e. The molecule has 106 valence electrons. The Bertz CT molecular complexity index is 599. The molecule has 3 N–H and O–H groups in total. The maximum Gasteiger partial charge on any atom is 0.137 e. The molecule has 0 saturated heterocycles. The summed E-state index contributed by atoms with van der Waals surface area (Å²) in [6.07, 6.45) is 0.373. The SMILES string of the molecule is NNC(Cc1ccc(F)c(Br)c1)c1cc(F)cc(F)c1. The van der Waals surface area contributed by atoms with Crippen LogP contribution in [0.3, 0.4) is 0 Å². The van der Waals surface area contributed by atoms with Crippen molar-refractivity contribution >= 4 is 15.9 Å². The zero-order chi connectivity index (χ0) is 14.7. The molecule has 0 spiro atoms. The predicted octanol–water partition coefficient (Wildman–Crippen LogP) is 3.61. The average molecular weight is 345 g/mol. The summed E-state index contributed by atoms with van der Waals surface area (Å²) in [5, 5.41) is 0. The molecule has 0 fully saturated rings. The molecule has 0 heterocycles. The normalized spacial score (nSPS) is 12.4. The summed E-state index contributed by atoms with van der Waals surface area (Å²) in [5.74, 6) is 3.74. The fraction of sp³-hybridized carbons (Fsp3) is 0.143. The Kier molecular flexibility index (Phi) is 4.80. The molecule has 20 heavy (non-hydrogen) atoms. The molecule has 0 aliphatic rings. The minimum atomic E-state index is -0.666. The summed E-state index contributed by atoms with van der Waals surface area (Å²) in [6.45, 7) is 0. The Morgan fingerprint density at radius 3 is 2.25 bits per heavy atom. The highest BCUT2D eigenvalue weighted by molar-refractivity contribution is 9.10. The summed E-state index contributed by atoms with van der Waals surface area (Å²) >= 11 is 3.09. The monoisotopic (exact) mass is 344 g/mol. The van der Waals surface area contributed by atoms with Crippen LogP contribution in [0, 0.1) is 17.5 Å². The Morgan fingerprint density at radius 1 is 1.05 bits per heavy atom. The van der Waals surface area contributed by atoms with Crippen LogP contribution < -0.4 is 11.3 Å². The van der Waals surface area contributed by atoms with Gasteiger partial charge in [-0.1, -0.05) is 6.07 Å². The molecule has 0 radical (unpaired) electrons. The van der Waals surface area contributed by atoms with Crippen LogP contribution in [-0.4, -0.2) is 0 Å². The molecule has 0 aliphatic heterocycles. The van der Waals surface area contributed by atoms with Crippen molar-refractivity contribution in [1.82, 2.24) is 5.43 Å². The molecule has 2 rings (SSSR count). The largest absolute Gasteiger partial charge is 0.271 e. The average Bonchev–Trinajstić information content (AvgIpc) is 2.38. The maximum absolute atomic E-state index is 13.2. The fourth-order valence-electron chi connectivity index (χ4n) is 1.95. The van der Waals surface area contributed by atoms with Gasteiger partial charge in [-0.15, -0.1) is 0 Å². The second-order valence-corrected chi connectivity index (χ2v) is 5.23. The lowest BCUT2D eigenvalue weighted by Gasteiger charge is -2.17. The Labute approximate surface area is 122 Å².